The van der Waals surface area contributed by atoms with E-state index < -0.39 is 0 Å². The van der Waals surface area contributed by atoms with Crippen LogP contribution in [0.2, 0.25) is 0 Å². The number of aromatic nitrogens is 3. The van der Waals surface area contributed by atoms with E-state index >= 15 is 0 Å². The molecule has 0 unspecified atom stereocenters. The van der Waals surface area contributed by atoms with Crippen molar-refractivity contribution in [1.82, 2.24) is 19.4 Å². The summed E-state index contributed by atoms with van der Waals surface area (Å²) < 4.78 is 2.24. The van der Waals surface area contributed by atoms with Crippen LogP contribution in [0.25, 0.3) is 0 Å². The number of nitriles is 1. The van der Waals surface area contributed by atoms with Crippen LogP contribution < -0.4 is 0 Å². The number of thiazole rings is 1. The van der Waals surface area contributed by atoms with E-state index in [1.165, 1.54) is 5.82 Å². The van der Waals surface area contributed by atoms with Gasteiger partial charge in [0.15, 0.2) is 0 Å². The van der Waals surface area contributed by atoms with Gasteiger partial charge in [0.25, 0.3) is 0 Å². The molecule has 26 heavy (non-hydrogen) atoms. The molecule has 132 valence electrons. The van der Waals surface area contributed by atoms with Gasteiger partial charge in [-0.2, -0.15) is 5.26 Å². The van der Waals surface area contributed by atoms with Gasteiger partial charge in [0.1, 0.15) is 5.82 Å². The second-order valence-corrected chi connectivity index (χ2v) is 7.43. The molecule has 1 aliphatic heterocycles. The van der Waals surface area contributed by atoms with Crippen LogP contribution in [-0.4, -0.2) is 32.5 Å². The molecule has 4 rings (SSSR count). The first kappa shape index (κ1) is 17.0. The Balaban J connectivity index is 1.38. The summed E-state index contributed by atoms with van der Waals surface area (Å²) in [4.78, 5) is 11.5. The average Bonchev–Trinajstić information content (AvgIpc) is 3.35. The van der Waals surface area contributed by atoms with Crippen molar-refractivity contribution >= 4 is 11.3 Å². The first-order valence-corrected chi connectivity index (χ1v) is 9.86. The number of imidazole rings is 1. The van der Waals surface area contributed by atoms with Gasteiger partial charge >= 0.3 is 0 Å². The second kappa shape index (κ2) is 7.81. The van der Waals surface area contributed by atoms with Gasteiger partial charge < -0.3 is 4.57 Å². The molecule has 0 radical (unpaired) electrons. The molecule has 1 fully saturated rings. The Morgan fingerprint density at radius 3 is 2.77 bits per heavy atom. The van der Waals surface area contributed by atoms with E-state index in [9.17, 15) is 5.26 Å². The molecular formula is C20H21N5S. The van der Waals surface area contributed by atoms with Gasteiger partial charge in [-0.25, -0.2) is 9.97 Å². The molecule has 3 heterocycles. The highest BCUT2D eigenvalue weighted by Crippen LogP contribution is 2.28. The smallest absolute Gasteiger partial charge is 0.112 e. The van der Waals surface area contributed by atoms with Crippen LogP contribution in [0.1, 0.15) is 41.4 Å². The number of nitrogens with zero attached hydrogens (tertiary/aromatic N) is 5. The summed E-state index contributed by atoms with van der Waals surface area (Å²) in [6, 6.07) is 10.2. The van der Waals surface area contributed by atoms with Gasteiger partial charge in [0.2, 0.25) is 0 Å². The lowest BCUT2D eigenvalue weighted by atomic mass is 9.95. The minimum atomic E-state index is 0.492. The molecule has 3 aromatic rings. The van der Waals surface area contributed by atoms with Crippen molar-refractivity contribution in [3.8, 4) is 6.07 Å². The number of benzene rings is 1. The Morgan fingerprint density at radius 2 is 2.00 bits per heavy atom. The van der Waals surface area contributed by atoms with Crippen molar-refractivity contribution in [2.75, 3.05) is 13.1 Å². The molecule has 0 aliphatic carbocycles. The molecule has 2 aromatic heterocycles. The molecule has 5 nitrogen and oxygen atoms in total. The lowest BCUT2D eigenvalue weighted by molar-refractivity contribution is 0.200. The summed E-state index contributed by atoms with van der Waals surface area (Å²) in [6.45, 7) is 3.72. The summed E-state index contributed by atoms with van der Waals surface area (Å²) in [6.07, 6.45) is 6.16. The normalized spacial score (nSPS) is 15.8. The van der Waals surface area contributed by atoms with Gasteiger partial charge in [-0.1, -0.05) is 18.2 Å². The monoisotopic (exact) mass is 363 g/mol. The van der Waals surface area contributed by atoms with Crippen molar-refractivity contribution in [1.29, 1.82) is 5.26 Å². The maximum Gasteiger partial charge on any atom is 0.112 e. The van der Waals surface area contributed by atoms with Gasteiger partial charge in [0, 0.05) is 30.2 Å². The zero-order chi connectivity index (χ0) is 17.8. The van der Waals surface area contributed by atoms with Crippen LogP contribution in [0.3, 0.4) is 0 Å². The Hall–Kier alpha value is -2.49. The molecule has 0 N–H and O–H groups in total. The number of piperidine rings is 1. The predicted octanol–water partition coefficient (Wildman–Crippen LogP) is 3.64. The van der Waals surface area contributed by atoms with Crippen LogP contribution in [0, 0.1) is 11.3 Å². The van der Waals surface area contributed by atoms with E-state index in [0.717, 1.165) is 55.8 Å². The third kappa shape index (κ3) is 3.69. The highest BCUT2D eigenvalue weighted by Gasteiger charge is 2.24. The maximum absolute atomic E-state index is 9.27. The summed E-state index contributed by atoms with van der Waals surface area (Å²) >= 11 is 1.63. The lowest BCUT2D eigenvalue weighted by Gasteiger charge is -2.32. The molecule has 0 spiro atoms. The zero-order valence-electron chi connectivity index (χ0n) is 14.6. The standard InChI is InChI=1S/C20H21N5S/c21-11-17-3-1-2-4-18(17)12-24-8-5-16(6-9-24)20-22-7-10-25(20)13-19-14-26-15-23-19/h1-4,7,10,14-16H,5-6,8-9,12-13H2. The van der Waals surface area contributed by atoms with Crippen LogP contribution in [0.15, 0.2) is 47.5 Å². The van der Waals surface area contributed by atoms with E-state index in [-0.39, 0.29) is 0 Å². The minimum Gasteiger partial charge on any atom is -0.329 e. The SMILES string of the molecule is N#Cc1ccccc1CN1CCC(c2nccn2Cc2cscn2)CC1. The number of hydrogen-bond acceptors (Lipinski definition) is 5. The first-order chi connectivity index (χ1) is 12.8. The van der Waals surface area contributed by atoms with Crippen LogP contribution >= 0.6 is 11.3 Å². The summed E-state index contributed by atoms with van der Waals surface area (Å²) in [5.74, 6) is 1.67. The molecule has 1 aromatic carbocycles. The van der Waals surface area contributed by atoms with Gasteiger partial charge in [-0.3, -0.25) is 4.90 Å². The van der Waals surface area contributed by atoms with Crippen molar-refractivity contribution in [3.63, 3.8) is 0 Å². The molecule has 1 aliphatic rings. The summed E-state index contributed by atoms with van der Waals surface area (Å²) in [5.41, 5.74) is 4.88. The molecule has 0 bridgehead atoms. The fourth-order valence-corrected chi connectivity index (χ4v) is 4.21. The molecule has 0 atom stereocenters. The second-order valence-electron chi connectivity index (χ2n) is 6.71. The van der Waals surface area contributed by atoms with Gasteiger partial charge in [-0.15, -0.1) is 11.3 Å². The van der Waals surface area contributed by atoms with Crippen LogP contribution in [-0.2, 0) is 13.1 Å². The van der Waals surface area contributed by atoms with Gasteiger partial charge in [0.05, 0.1) is 29.4 Å². The fourth-order valence-electron chi connectivity index (χ4n) is 3.66. The Bertz CT molecular complexity index is 885. The number of likely N-dealkylation sites (tertiary alicyclic amines) is 1. The third-order valence-electron chi connectivity index (χ3n) is 5.05. The van der Waals surface area contributed by atoms with Crippen molar-refractivity contribution in [2.24, 2.45) is 0 Å². The predicted molar refractivity (Wildman–Crippen MR) is 102 cm³/mol. The maximum atomic E-state index is 9.27. The molecule has 1 saturated heterocycles. The fraction of sp³-hybridized carbons (Fsp3) is 0.350. The van der Waals surface area contributed by atoms with Crippen LogP contribution in [0.4, 0.5) is 0 Å². The molecular weight excluding hydrogens is 342 g/mol. The molecule has 0 amide bonds. The highest BCUT2D eigenvalue weighted by molar-refractivity contribution is 7.07. The average molecular weight is 363 g/mol. The van der Waals surface area contributed by atoms with Crippen LogP contribution in [0.5, 0.6) is 0 Å². The Kier molecular flexibility index (Phi) is 5.09. The zero-order valence-corrected chi connectivity index (χ0v) is 15.4. The Morgan fingerprint density at radius 1 is 1.15 bits per heavy atom. The Labute approximate surface area is 157 Å². The summed E-state index contributed by atoms with van der Waals surface area (Å²) in [7, 11) is 0. The van der Waals surface area contributed by atoms with E-state index in [1.807, 2.05) is 29.9 Å². The largest absolute Gasteiger partial charge is 0.329 e. The number of hydrogen-bond donors (Lipinski definition) is 0. The van der Waals surface area contributed by atoms with Gasteiger partial charge in [-0.05, 0) is 37.6 Å². The quantitative estimate of drug-likeness (QED) is 0.694. The highest BCUT2D eigenvalue weighted by atomic mass is 32.1. The minimum absolute atomic E-state index is 0.492. The first-order valence-electron chi connectivity index (χ1n) is 8.92. The topological polar surface area (TPSA) is 57.7 Å². The lowest BCUT2D eigenvalue weighted by Crippen LogP contribution is -2.33. The van der Waals surface area contributed by atoms with Crippen molar-refractivity contribution in [3.05, 3.63) is 70.2 Å². The van der Waals surface area contributed by atoms with E-state index in [0.29, 0.717) is 5.92 Å². The van der Waals surface area contributed by atoms with Crippen molar-refractivity contribution in [2.45, 2.75) is 31.8 Å². The third-order valence-corrected chi connectivity index (χ3v) is 5.68. The molecule has 0 saturated carbocycles. The number of rotatable bonds is 5. The van der Waals surface area contributed by atoms with E-state index in [1.54, 1.807) is 11.3 Å². The van der Waals surface area contributed by atoms with E-state index in [4.69, 9.17) is 0 Å². The summed E-state index contributed by atoms with van der Waals surface area (Å²) in [5, 5.41) is 11.4. The van der Waals surface area contributed by atoms with E-state index in [2.05, 4.69) is 43.1 Å². The molecule has 6 heteroatoms. The van der Waals surface area contributed by atoms with Crippen molar-refractivity contribution < 1.29 is 0 Å².